The standard InChI is InChI=1S/C22H25N5OS/c28-21(18-6-2-1-3-7-18)19-9-13-25(14-10-19)17-27-22(29)26(16-24-27)15-11-20-8-4-5-12-23-20/h1-8,12,16,19H,9-11,13-15,17H2. The van der Waals surface area contributed by atoms with E-state index < -0.39 is 0 Å². The number of ketones is 1. The van der Waals surface area contributed by atoms with Crippen molar-refractivity contribution in [1.29, 1.82) is 0 Å². The Hall–Kier alpha value is -2.64. The van der Waals surface area contributed by atoms with E-state index in [4.69, 9.17) is 12.2 Å². The van der Waals surface area contributed by atoms with Crippen molar-refractivity contribution < 1.29 is 4.79 Å². The summed E-state index contributed by atoms with van der Waals surface area (Å²) in [6.45, 7) is 3.20. The van der Waals surface area contributed by atoms with Gasteiger partial charge in [-0.05, 0) is 37.2 Å². The van der Waals surface area contributed by atoms with Crippen molar-refractivity contribution in [2.75, 3.05) is 13.1 Å². The molecule has 6 nitrogen and oxygen atoms in total. The zero-order chi connectivity index (χ0) is 20.1. The van der Waals surface area contributed by atoms with Crippen molar-refractivity contribution in [3.05, 3.63) is 77.1 Å². The van der Waals surface area contributed by atoms with Gasteiger partial charge in [0, 0.05) is 49.4 Å². The zero-order valence-electron chi connectivity index (χ0n) is 16.4. The number of likely N-dealkylation sites (tertiary alicyclic amines) is 1. The van der Waals surface area contributed by atoms with Crippen molar-refractivity contribution >= 4 is 18.0 Å². The number of carbonyl (C=O) groups is 1. The Balaban J connectivity index is 1.30. The Morgan fingerprint density at radius 1 is 1.07 bits per heavy atom. The van der Waals surface area contributed by atoms with Gasteiger partial charge in [-0.15, -0.1) is 0 Å². The Bertz CT molecular complexity index is 991. The van der Waals surface area contributed by atoms with Crippen LogP contribution in [0.3, 0.4) is 0 Å². The summed E-state index contributed by atoms with van der Waals surface area (Å²) in [5.41, 5.74) is 1.87. The normalized spacial score (nSPS) is 15.4. The molecule has 0 spiro atoms. The minimum atomic E-state index is 0.109. The zero-order valence-corrected chi connectivity index (χ0v) is 17.2. The summed E-state index contributed by atoms with van der Waals surface area (Å²) in [6.07, 6.45) is 6.19. The molecule has 1 aliphatic rings. The first-order valence-corrected chi connectivity index (χ1v) is 10.5. The molecule has 1 aromatic carbocycles. The molecule has 150 valence electrons. The molecule has 0 bridgehead atoms. The first-order valence-electron chi connectivity index (χ1n) is 10.0. The van der Waals surface area contributed by atoms with E-state index in [1.165, 1.54) is 0 Å². The van der Waals surface area contributed by atoms with Crippen LogP contribution in [-0.4, -0.2) is 43.1 Å². The molecule has 1 aliphatic heterocycles. The van der Waals surface area contributed by atoms with Crippen molar-refractivity contribution in [3.8, 4) is 0 Å². The predicted molar refractivity (Wildman–Crippen MR) is 114 cm³/mol. The highest BCUT2D eigenvalue weighted by atomic mass is 32.1. The number of hydrogen-bond donors (Lipinski definition) is 0. The largest absolute Gasteiger partial charge is 0.306 e. The van der Waals surface area contributed by atoms with Gasteiger partial charge in [-0.3, -0.25) is 14.7 Å². The molecule has 0 atom stereocenters. The highest BCUT2D eigenvalue weighted by Gasteiger charge is 2.26. The molecule has 4 rings (SSSR count). The summed E-state index contributed by atoms with van der Waals surface area (Å²) in [6, 6.07) is 15.5. The van der Waals surface area contributed by atoms with Gasteiger partial charge < -0.3 is 4.57 Å². The average molecular weight is 408 g/mol. The van der Waals surface area contributed by atoms with Gasteiger partial charge in [0.15, 0.2) is 10.6 Å². The van der Waals surface area contributed by atoms with Crippen molar-refractivity contribution in [2.24, 2.45) is 5.92 Å². The fraction of sp³-hybridized carbons (Fsp3) is 0.364. The summed E-state index contributed by atoms with van der Waals surface area (Å²) in [7, 11) is 0. The van der Waals surface area contributed by atoms with Crippen LogP contribution < -0.4 is 0 Å². The molecule has 0 N–H and O–H groups in total. The fourth-order valence-electron chi connectivity index (χ4n) is 3.77. The molecule has 1 saturated heterocycles. The lowest BCUT2D eigenvalue weighted by atomic mass is 9.89. The van der Waals surface area contributed by atoms with E-state index >= 15 is 0 Å². The van der Waals surface area contributed by atoms with Crippen LogP contribution in [0.5, 0.6) is 0 Å². The van der Waals surface area contributed by atoms with E-state index in [0.29, 0.717) is 6.67 Å². The summed E-state index contributed by atoms with van der Waals surface area (Å²) in [4.78, 5) is 19.3. The van der Waals surface area contributed by atoms with Gasteiger partial charge in [0.25, 0.3) is 0 Å². The first kappa shape index (κ1) is 19.7. The van der Waals surface area contributed by atoms with Gasteiger partial charge in [-0.2, -0.15) is 5.10 Å². The monoisotopic (exact) mass is 407 g/mol. The highest BCUT2D eigenvalue weighted by Crippen LogP contribution is 2.22. The molecular formula is C22H25N5OS. The fourth-order valence-corrected chi connectivity index (χ4v) is 4.01. The number of Topliss-reactive ketones (excluding diaryl/α,β-unsaturated/α-hetero) is 1. The maximum Gasteiger partial charge on any atom is 0.198 e. The molecule has 29 heavy (non-hydrogen) atoms. The van der Waals surface area contributed by atoms with Crippen molar-refractivity contribution in [1.82, 2.24) is 24.2 Å². The molecule has 0 aliphatic carbocycles. The second-order valence-corrected chi connectivity index (χ2v) is 7.81. The molecule has 3 heterocycles. The topological polar surface area (TPSA) is 56.0 Å². The number of nitrogens with zero attached hydrogens (tertiary/aromatic N) is 5. The predicted octanol–water partition coefficient (Wildman–Crippen LogP) is 3.60. The number of aryl methyl sites for hydroxylation is 2. The number of hydrogen-bond acceptors (Lipinski definition) is 5. The number of rotatable bonds is 7. The van der Waals surface area contributed by atoms with Crippen LogP contribution in [0.15, 0.2) is 61.1 Å². The average Bonchev–Trinajstić information content (AvgIpc) is 3.13. The number of aromatic nitrogens is 4. The summed E-state index contributed by atoms with van der Waals surface area (Å²) < 4.78 is 4.59. The number of benzene rings is 1. The molecule has 3 aromatic rings. The van der Waals surface area contributed by atoms with Crippen molar-refractivity contribution in [2.45, 2.75) is 32.5 Å². The number of pyridine rings is 1. The van der Waals surface area contributed by atoms with Crippen LogP contribution in [0.1, 0.15) is 28.9 Å². The van der Waals surface area contributed by atoms with Crippen LogP contribution in [0.25, 0.3) is 0 Å². The molecule has 0 saturated carbocycles. The van der Waals surface area contributed by atoms with Crippen molar-refractivity contribution in [3.63, 3.8) is 0 Å². The molecule has 0 unspecified atom stereocenters. The Labute approximate surface area is 175 Å². The number of carbonyl (C=O) groups excluding carboxylic acids is 1. The van der Waals surface area contributed by atoms with Crippen LogP contribution in [0.2, 0.25) is 0 Å². The molecule has 0 radical (unpaired) electrons. The van der Waals surface area contributed by atoms with Crippen LogP contribution in [-0.2, 0) is 19.6 Å². The van der Waals surface area contributed by atoms with Gasteiger partial charge in [0.2, 0.25) is 0 Å². The summed E-state index contributed by atoms with van der Waals surface area (Å²) in [5, 5.41) is 4.47. The molecular weight excluding hydrogens is 382 g/mol. The first-order chi connectivity index (χ1) is 14.2. The van der Waals surface area contributed by atoms with E-state index in [1.54, 1.807) is 6.33 Å². The smallest absolute Gasteiger partial charge is 0.198 e. The molecule has 2 aromatic heterocycles. The summed E-state index contributed by atoms with van der Waals surface area (Å²) >= 11 is 5.60. The second kappa shape index (κ2) is 9.24. The minimum absolute atomic E-state index is 0.109. The van der Waals surface area contributed by atoms with Crippen LogP contribution in [0, 0.1) is 10.7 Å². The lowest BCUT2D eigenvalue weighted by Gasteiger charge is -2.30. The van der Waals surface area contributed by atoms with Crippen LogP contribution in [0.4, 0.5) is 0 Å². The van der Waals surface area contributed by atoms with Gasteiger partial charge in [0.05, 0.1) is 6.67 Å². The number of piperidine rings is 1. The molecule has 7 heteroatoms. The van der Waals surface area contributed by atoms with Gasteiger partial charge in [0.1, 0.15) is 6.33 Å². The van der Waals surface area contributed by atoms with E-state index in [9.17, 15) is 4.79 Å². The Kier molecular flexibility index (Phi) is 6.27. The molecule has 1 fully saturated rings. The highest BCUT2D eigenvalue weighted by molar-refractivity contribution is 7.71. The molecule has 0 amide bonds. The Morgan fingerprint density at radius 2 is 1.83 bits per heavy atom. The Morgan fingerprint density at radius 3 is 2.55 bits per heavy atom. The van der Waals surface area contributed by atoms with Gasteiger partial charge in [-0.1, -0.05) is 36.4 Å². The minimum Gasteiger partial charge on any atom is -0.306 e. The third-order valence-corrected chi connectivity index (χ3v) is 5.93. The summed E-state index contributed by atoms with van der Waals surface area (Å²) in [5.74, 6) is 0.373. The van der Waals surface area contributed by atoms with Gasteiger partial charge >= 0.3 is 0 Å². The lowest BCUT2D eigenvalue weighted by molar-refractivity contribution is 0.0803. The third kappa shape index (κ3) is 4.86. The van der Waals surface area contributed by atoms with E-state index in [1.807, 2.05) is 64.0 Å². The maximum atomic E-state index is 12.6. The SMILES string of the molecule is O=C(c1ccccc1)C1CCN(Cn2ncn(CCc3ccccn3)c2=S)CC1. The van der Waals surface area contributed by atoms with E-state index in [2.05, 4.69) is 15.0 Å². The quantitative estimate of drug-likeness (QED) is 0.442. The van der Waals surface area contributed by atoms with E-state index in [-0.39, 0.29) is 11.7 Å². The van der Waals surface area contributed by atoms with Gasteiger partial charge in [-0.25, -0.2) is 4.68 Å². The second-order valence-electron chi connectivity index (χ2n) is 7.44. The van der Waals surface area contributed by atoms with E-state index in [0.717, 1.165) is 54.9 Å². The van der Waals surface area contributed by atoms with Crippen LogP contribution >= 0.6 is 12.2 Å². The third-order valence-electron chi connectivity index (χ3n) is 5.48. The maximum absolute atomic E-state index is 12.6. The lowest BCUT2D eigenvalue weighted by Crippen LogP contribution is -2.37.